The Hall–Kier alpha value is -4.35. The van der Waals surface area contributed by atoms with Crippen LogP contribution in [0.5, 0.6) is 11.5 Å². The summed E-state index contributed by atoms with van der Waals surface area (Å²) in [6.45, 7) is 0.980. The highest BCUT2D eigenvalue weighted by Crippen LogP contribution is 2.38. The summed E-state index contributed by atoms with van der Waals surface area (Å²) in [7, 11) is 3.51. The minimum absolute atomic E-state index is 0. The third-order valence-electron chi connectivity index (χ3n) is 9.85. The Bertz CT molecular complexity index is 2090. The summed E-state index contributed by atoms with van der Waals surface area (Å²) in [6, 6.07) is 16.6. The van der Waals surface area contributed by atoms with Crippen LogP contribution in [0, 0.1) is 0 Å². The van der Waals surface area contributed by atoms with Crippen molar-refractivity contribution < 1.29 is 39.1 Å². The van der Waals surface area contributed by atoms with Crippen molar-refractivity contribution in [2.75, 3.05) is 32.6 Å². The number of hydrogen-bond acceptors (Lipinski definition) is 12. The van der Waals surface area contributed by atoms with Gasteiger partial charge in [-0.05, 0) is 79.4 Å². The molecule has 6 N–H and O–H groups in total. The number of methoxy groups -OCH3 is 1. The van der Waals surface area contributed by atoms with Crippen LogP contribution in [0.2, 0.25) is 5.02 Å². The maximum Gasteiger partial charge on any atom is 0.349 e. The van der Waals surface area contributed by atoms with Gasteiger partial charge in [0.05, 0.1) is 39.2 Å². The molecular formula is C39H44ClFN4O8S2. The van der Waals surface area contributed by atoms with Gasteiger partial charge in [0.1, 0.15) is 17.6 Å². The summed E-state index contributed by atoms with van der Waals surface area (Å²) in [4.78, 5) is 43.9. The van der Waals surface area contributed by atoms with Crippen LogP contribution in [0.4, 0.5) is 10.4 Å². The second kappa shape index (κ2) is 18.5. The molecule has 1 aliphatic rings. The number of hydrogen-bond donors (Lipinski definition) is 6. The molecule has 0 aliphatic heterocycles. The van der Waals surface area contributed by atoms with Gasteiger partial charge in [0, 0.05) is 55.2 Å². The van der Waals surface area contributed by atoms with Crippen molar-refractivity contribution in [1.29, 1.82) is 0 Å². The highest BCUT2D eigenvalue weighted by molar-refractivity contribution is 7.12. The van der Waals surface area contributed by atoms with Crippen molar-refractivity contribution >= 4 is 62.7 Å². The number of nitrogens with zero attached hydrogens (tertiary/aromatic N) is 1. The first kappa shape index (κ1) is 41.8. The molecule has 0 saturated heterocycles. The van der Waals surface area contributed by atoms with E-state index in [9.17, 15) is 29.7 Å². The topological polar surface area (TPSA) is 173 Å². The van der Waals surface area contributed by atoms with Crippen molar-refractivity contribution in [1.82, 2.24) is 15.2 Å². The third kappa shape index (κ3) is 9.55. The zero-order chi connectivity index (χ0) is 38.4. The van der Waals surface area contributed by atoms with Crippen LogP contribution in [0.15, 0.2) is 76.2 Å². The molecule has 2 aromatic carbocycles. The lowest BCUT2D eigenvalue weighted by atomic mass is 9.91. The Kier molecular flexibility index (Phi) is 14.1. The summed E-state index contributed by atoms with van der Waals surface area (Å²) in [6.07, 6.45) is 1.88. The average Bonchev–Trinajstić information content (AvgIpc) is 3.92. The number of benzene rings is 2. The van der Waals surface area contributed by atoms with Gasteiger partial charge in [-0.25, -0.2) is 4.79 Å². The van der Waals surface area contributed by atoms with E-state index in [2.05, 4.69) is 20.5 Å². The summed E-state index contributed by atoms with van der Waals surface area (Å²) < 4.78 is 11.5. The number of carbonyl (C=O) groups is 2. The van der Waals surface area contributed by atoms with E-state index < -0.39 is 17.7 Å². The maximum absolute atomic E-state index is 13.4. The van der Waals surface area contributed by atoms with Gasteiger partial charge in [0.15, 0.2) is 0 Å². The molecule has 6 rings (SSSR count). The van der Waals surface area contributed by atoms with Crippen LogP contribution in [0.3, 0.4) is 0 Å². The molecule has 12 nitrogen and oxygen atoms in total. The fourth-order valence-corrected chi connectivity index (χ4v) is 8.77. The largest absolute Gasteiger partial charge is 0.506 e. The minimum Gasteiger partial charge on any atom is -0.506 e. The number of esters is 1. The van der Waals surface area contributed by atoms with E-state index in [1.165, 1.54) is 41.9 Å². The molecule has 1 fully saturated rings. The number of H-pyrrole nitrogens is 1. The van der Waals surface area contributed by atoms with Crippen LogP contribution >= 0.6 is 34.3 Å². The first-order valence-corrected chi connectivity index (χ1v) is 19.7. The minimum atomic E-state index is -1.83. The molecule has 0 radical (unpaired) electrons. The van der Waals surface area contributed by atoms with E-state index in [4.69, 9.17) is 21.1 Å². The Labute approximate surface area is 330 Å². The first-order chi connectivity index (χ1) is 26.0. The van der Waals surface area contributed by atoms with Crippen LogP contribution in [0.1, 0.15) is 59.1 Å². The molecule has 294 valence electrons. The van der Waals surface area contributed by atoms with Gasteiger partial charge in [0.2, 0.25) is 17.1 Å². The normalized spacial score (nSPS) is 16.4. The summed E-state index contributed by atoms with van der Waals surface area (Å²) in [5.74, 6) is -0.436. The van der Waals surface area contributed by atoms with Gasteiger partial charge in [0.25, 0.3) is 0 Å². The quantitative estimate of drug-likeness (QED) is 0.0684. The van der Waals surface area contributed by atoms with Crippen molar-refractivity contribution in [3.05, 3.63) is 108 Å². The van der Waals surface area contributed by atoms with Crippen molar-refractivity contribution in [2.24, 2.45) is 0 Å². The first-order valence-electron chi connectivity index (χ1n) is 17.6. The number of fused-ring (bicyclic) bond motifs is 1. The number of ether oxygens (including phenoxy) is 2. The van der Waals surface area contributed by atoms with Crippen molar-refractivity contribution in [2.45, 2.75) is 62.5 Å². The Morgan fingerprint density at radius 1 is 1.05 bits per heavy atom. The van der Waals surface area contributed by atoms with Gasteiger partial charge in [-0.3, -0.25) is 14.3 Å². The number of phenolic OH excluding ortho intramolecular Hbond substituents is 1. The molecule has 1 aliphatic carbocycles. The lowest BCUT2D eigenvalue weighted by Gasteiger charge is -2.35. The molecule has 16 heteroatoms. The van der Waals surface area contributed by atoms with Gasteiger partial charge in [-0.15, -0.1) is 22.7 Å². The fourth-order valence-electron chi connectivity index (χ4n) is 6.83. The van der Waals surface area contributed by atoms with Crippen molar-refractivity contribution in [3.63, 3.8) is 0 Å². The molecule has 3 heterocycles. The number of aromatic hydroxyl groups is 1. The number of aromatic nitrogens is 1. The summed E-state index contributed by atoms with van der Waals surface area (Å²) in [5.41, 5.74) is -0.241. The number of amides is 1. The Morgan fingerprint density at radius 2 is 1.75 bits per heavy atom. The van der Waals surface area contributed by atoms with Gasteiger partial charge in [-0.2, -0.15) is 0 Å². The molecule has 1 amide bonds. The number of anilines is 1. The summed E-state index contributed by atoms with van der Waals surface area (Å²) >= 11 is 9.23. The molecule has 1 atom stereocenters. The standard InChI is InChI=1S/C39H43ClN4O8S2.FH/c1-44(24-7-9-25(10-8-24)52-38(49)39(50,33-5-3-17-53-33)34-6-4-18-54-34)16-15-36(48)42-29-20-32(51-2)23(19-28(29)40)21-41-22-31(46)26-11-13-30(45)37-27(26)12-14-35(47)43-37;/h3-6,11-14,17-20,24-25,31,41,45-46,50H,7-10,15-16,21-22H2,1-2H3,(H,42,48)(H,43,47);1H/t24?,25?,31-;/m1./s1. The number of carbonyl (C=O) groups excluding carboxylic acids is 2. The monoisotopic (exact) mass is 814 g/mol. The smallest absolute Gasteiger partial charge is 0.349 e. The van der Waals surface area contributed by atoms with E-state index in [-0.39, 0.29) is 52.5 Å². The number of rotatable bonds is 15. The van der Waals surface area contributed by atoms with Gasteiger partial charge < -0.3 is 45.3 Å². The number of aromatic amines is 1. The predicted octanol–water partition coefficient (Wildman–Crippen LogP) is 6.05. The Morgan fingerprint density at radius 3 is 2.38 bits per heavy atom. The van der Waals surface area contributed by atoms with Crippen LogP contribution < -0.4 is 20.9 Å². The van der Waals surface area contributed by atoms with E-state index in [1.54, 1.807) is 48.5 Å². The molecule has 5 aromatic rings. The number of halogens is 2. The van der Waals surface area contributed by atoms with E-state index >= 15 is 0 Å². The number of nitrogens with one attached hydrogen (secondary N) is 3. The highest BCUT2D eigenvalue weighted by Gasteiger charge is 2.45. The third-order valence-corrected chi connectivity index (χ3v) is 12.1. The molecular weight excluding hydrogens is 771 g/mol. The second-order valence-electron chi connectivity index (χ2n) is 13.4. The molecule has 55 heavy (non-hydrogen) atoms. The highest BCUT2D eigenvalue weighted by atomic mass is 35.5. The molecule has 0 spiro atoms. The number of phenols is 1. The number of aliphatic hydroxyl groups excluding tert-OH is 1. The Balaban J connectivity index is 0.00000580. The fraction of sp³-hybridized carbons (Fsp3) is 0.359. The molecule has 0 unspecified atom stereocenters. The second-order valence-corrected chi connectivity index (χ2v) is 15.7. The lowest BCUT2D eigenvalue weighted by Crippen LogP contribution is -2.42. The zero-order valence-corrected chi connectivity index (χ0v) is 32.6. The van der Waals surface area contributed by atoms with Gasteiger partial charge >= 0.3 is 5.97 Å². The summed E-state index contributed by atoms with van der Waals surface area (Å²) in [5, 5.41) is 43.2. The van der Waals surface area contributed by atoms with Crippen LogP contribution in [-0.4, -0.2) is 76.5 Å². The molecule has 0 bridgehead atoms. The van der Waals surface area contributed by atoms with E-state index in [0.717, 1.165) is 18.4 Å². The van der Waals surface area contributed by atoms with E-state index in [1.807, 2.05) is 17.8 Å². The van der Waals surface area contributed by atoms with E-state index in [0.29, 0.717) is 63.1 Å². The number of pyridine rings is 1. The zero-order valence-electron chi connectivity index (χ0n) is 30.2. The molecule has 3 aromatic heterocycles. The van der Waals surface area contributed by atoms with Crippen LogP contribution in [0.25, 0.3) is 10.9 Å². The van der Waals surface area contributed by atoms with Crippen molar-refractivity contribution in [3.8, 4) is 11.5 Å². The predicted molar refractivity (Wildman–Crippen MR) is 213 cm³/mol. The SMILES string of the molecule is COc1cc(NC(=O)CCN(C)C2CCC(OC(=O)C(O)(c3cccs3)c3cccs3)CC2)c(Cl)cc1CNC[C@@H](O)c1ccc(O)c2[nH]c(=O)ccc12.F. The number of thiophene rings is 2. The lowest BCUT2D eigenvalue weighted by molar-refractivity contribution is -0.169. The maximum atomic E-state index is 13.4. The van der Waals surface area contributed by atoms with Crippen LogP contribution in [-0.2, 0) is 26.5 Å². The van der Waals surface area contributed by atoms with Gasteiger partial charge in [-0.1, -0.05) is 29.8 Å². The molecule has 1 saturated carbocycles. The average molecular weight is 815 g/mol. The number of aliphatic hydroxyl groups is 2.